The number of hydrogen-bond acceptors (Lipinski definition) is 2. The smallest absolute Gasteiger partial charge is 0.254 e. The van der Waals surface area contributed by atoms with Crippen LogP contribution in [-0.4, -0.2) is 18.4 Å². The topological polar surface area (TPSA) is 49.4 Å². The number of rotatable bonds is 6. The van der Waals surface area contributed by atoms with Gasteiger partial charge in [-0.1, -0.05) is 74.2 Å². The zero-order chi connectivity index (χ0) is 20.1. The van der Waals surface area contributed by atoms with E-state index in [4.69, 9.17) is 0 Å². The van der Waals surface area contributed by atoms with Gasteiger partial charge in [0.15, 0.2) is 0 Å². The van der Waals surface area contributed by atoms with Crippen LogP contribution in [0.15, 0.2) is 54.6 Å². The number of anilines is 1. The predicted octanol–water partition coefficient (Wildman–Crippen LogP) is 4.79. The lowest BCUT2D eigenvalue weighted by molar-refractivity contribution is -0.128. The Hall–Kier alpha value is -2.62. The molecule has 4 heteroatoms. The van der Waals surface area contributed by atoms with E-state index in [1.165, 1.54) is 31.2 Å². The minimum Gasteiger partial charge on any atom is -0.341 e. The zero-order valence-corrected chi connectivity index (χ0v) is 17.0. The van der Waals surface area contributed by atoms with E-state index in [0.29, 0.717) is 18.9 Å². The highest BCUT2D eigenvalue weighted by molar-refractivity contribution is 6.00. The van der Waals surface area contributed by atoms with Crippen LogP contribution in [0.5, 0.6) is 0 Å². The van der Waals surface area contributed by atoms with Crippen LogP contribution < -0.4 is 10.2 Å². The standard InChI is InChI=1S/C25H30N2O2/c28-23(17-16-19-9-4-5-10-19)26-24(21-12-2-1-3-13-21)25(29)27-18-8-14-20-11-6-7-15-22(20)27/h1-3,6-7,11-13,15,19,24H,4-5,8-10,14,16-18H2,(H,26,28)/t24-/m1/s1. The fourth-order valence-electron chi connectivity index (χ4n) is 4.72. The van der Waals surface area contributed by atoms with Crippen molar-refractivity contribution in [3.05, 3.63) is 65.7 Å². The van der Waals surface area contributed by atoms with Gasteiger partial charge in [-0.2, -0.15) is 0 Å². The molecule has 152 valence electrons. The number of fused-ring (bicyclic) bond motifs is 1. The summed E-state index contributed by atoms with van der Waals surface area (Å²) in [6.07, 6.45) is 8.39. The molecule has 4 nitrogen and oxygen atoms in total. The fourth-order valence-corrected chi connectivity index (χ4v) is 4.72. The summed E-state index contributed by atoms with van der Waals surface area (Å²) in [7, 11) is 0. The largest absolute Gasteiger partial charge is 0.341 e. The lowest BCUT2D eigenvalue weighted by Crippen LogP contribution is -2.45. The van der Waals surface area contributed by atoms with Gasteiger partial charge in [0.25, 0.3) is 5.91 Å². The number of hydrogen-bond donors (Lipinski definition) is 1. The fraction of sp³-hybridized carbons (Fsp3) is 0.440. The summed E-state index contributed by atoms with van der Waals surface area (Å²) in [5.41, 5.74) is 3.02. The van der Waals surface area contributed by atoms with Crippen LogP contribution in [0.1, 0.15) is 62.1 Å². The van der Waals surface area contributed by atoms with Gasteiger partial charge >= 0.3 is 0 Å². The second-order valence-electron chi connectivity index (χ2n) is 8.32. The Morgan fingerprint density at radius 1 is 0.966 bits per heavy atom. The van der Waals surface area contributed by atoms with Crippen molar-refractivity contribution >= 4 is 17.5 Å². The van der Waals surface area contributed by atoms with Gasteiger partial charge in [0, 0.05) is 18.7 Å². The highest BCUT2D eigenvalue weighted by Crippen LogP contribution is 2.30. The molecule has 0 unspecified atom stereocenters. The maximum absolute atomic E-state index is 13.6. The molecule has 0 spiro atoms. The van der Waals surface area contributed by atoms with Crippen molar-refractivity contribution in [3.63, 3.8) is 0 Å². The molecule has 29 heavy (non-hydrogen) atoms. The number of nitrogens with zero attached hydrogens (tertiary/aromatic N) is 1. The first-order valence-electron chi connectivity index (χ1n) is 11.0. The van der Waals surface area contributed by atoms with Crippen LogP contribution >= 0.6 is 0 Å². The van der Waals surface area contributed by atoms with Gasteiger partial charge in [-0.15, -0.1) is 0 Å². The van der Waals surface area contributed by atoms with Crippen LogP contribution in [0.25, 0.3) is 0 Å². The van der Waals surface area contributed by atoms with Gasteiger partial charge in [0.2, 0.25) is 5.91 Å². The van der Waals surface area contributed by atoms with Crippen molar-refractivity contribution in [2.45, 2.75) is 57.4 Å². The monoisotopic (exact) mass is 390 g/mol. The van der Waals surface area contributed by atoms with E-state index in [9.17, 15) is 9.59 Å². The number of nitrogens with one attached hydrogen (secondary N) is 1. The number of aryl methyl sites for hydroxylation is 1. The molecule has 2 amide bonds. The summed E-state index contributed by atoms with van der Waals surface area (Å²) >= 11 is 0. The average molecular weight is 391 g/mol. The molecule has 1 fully saturated rings. The number of amides is 2. The summed E-state index contributed by atoms with van der Waals surface area (Å²) in [6, 6.07) is 17.1. The van der Waals surface area contributed by atoms with Crippen molar-refractivity contribution < 1.29 is 9.59 Å². The third-order valence-corrected chi connectivity index (χ3v) is 6.32. The molecule has 0 saturated heterocycles. The van der Waals surface area contributed by atoms with Crippen molar-refractivity contribution in [2.75, 3.05) is 11.4 Å². The van der Waals surface area contributed by atoms with Crippen LogP contribution in [0.2, 0.25) is 0 Å². The number of carbonyl (C=O) groups is 2. The predicted molar refractivity (Wildman–Crippen MR) is 116 cm³/mol. The lowest BCUT2D eigenvalue weighted by atomic mass is 9.98. The van der Waals surface area contributed by atoms with Gasteiger partial charge in [-0.05, 0) is 42.4 Å². The Morgan fingerprint density at radius 3 is 2.48 bits per heavy atom. The Balaban J connectivity index is 1.51. The SMILES string of the molecule is O=C(CCC1CCCC1)N[C@@H](C(=O)N1CCCc2ccccc21)c1ccccc1. The van der Waals surface area contributed by atoms with Crippen molar-refractivity contribution in [2.24, 2.45) is 5.92 Å². The summed E-state index contributed by atoms with van der Waals surface area (Å²) in [6.45, 7) is 0.692. The molecular formula is C25H30N2O2. The second-order valence-corrected chi connectivity index (χ2v) is 8.32. The number of para-hydroxylation sites is 1. The first-order chi connectivity index (χ1) is 14.2. The van der Waals surface area contributed by atoms with Crippen LogP contribution in [0.3, 0.4) is 0 Å². The van der Waals surface area contributed by atoms with Crippen molar-refractivity contribution in [1.29, 1.82) is 0 Å². The second kappa shape index (κ2) is 9.25. The van der Waals surface area contributed by atoms with Crippen LogP contribution in [-0.2, 0) is 16.0 Å². The van der Waals surface area contributed by atoms with Gasteiger partial charge in [-0.3, -0.25) is 9.59 Å². The van der Waals surface area contributed by atoms with E-state index in [0.717, 1.165) is 30.5 Å². The lowest BCUT2D eigenvalue weighted by Gasteiger charge is -2.33. The van der Waals surface area contributed by atoms with Gasteiger partial charge in [0.05, 0.1) is 0 Å². The van der Waals surface area contributed by atoms with Crippen LogP contribution in [0, 0.1) is 5.92 Å². The molecule has 2 aromatic rings. The molecule has 2 aromatic carbocycles. The summed E-state index contributed by atoms with van der Waals surface area (Å²) in [5, 5.41) is 3.06. The molecule has 1 aliphatic heterocycles. The first-order valence-corrected chi connectivity index (χ1v) is 11.0. The highest BCUT2D eigenvalue weighted by atomic mass is 16.2. The zero-order valence-electron chi connectivity index (χ0n) is 17.0. The van der Waals surface area contributed by atoms with Gasteiger partial charge < -0.3 is 10.2 Å². The van der Waals surface area contributed by atoms with E-state index in [-0.39, 0.29) is 11.8 Å². The summed E-state index contributed by atoms with van der Waals surface area (Å²) in [4.78, 5) is 28.2. The highest BCUT2D eigenvalue weighted by Gasteiger charge is 2.31. The third-order valence-electron chi connectivity index (χ3n) is 6.32. The van der Waals surface area contributed by atoms with Crippen molar-refractivity contribution in [1.82, 2.24) is 5.32 Å². The van der Waals surface area contributed by atoms with E-state index in [2.05, 4.69) is 11.4 Å². The molecule has 1 aliphatic carbocycles. The quantitative estimate of drug-likeness (QED) is 0.771. The molecule has 1 atom stereocenters. The van der Waals surface area contributed by atoms with Gasteiger partial charge in [0.1, 0.15) is 6.04 Å². The molecule has 1 saturated carbocycles. The normalized spacial score (nSPS) is 17.6. The summed E-state index contributed by atoms with van der Waals surface area (Å²) in [5.74, 6) is 0.600. The maximum Gasteiger partial charge on any atom is 0.254 e. The Kier molecular flexibility index (Phi) is 6.28. The molecule has 1 heterocycles. The Bertz CT molecular complexity index is 843. The minimum absolute atomic E-state index is 0.0237. The van der Waals surface area contributed by atoms with Crippen molar-refractivity contribution in [3.8, 4) is 0 Å². The molecule has 0 bridgehead atoms. The van der Waals surface area contributed by atoms with E-state index >= 15 is 0 Å². The average Bonchev–Trinajstić information content (AvgIpc) is 3.29. The van der Waals surface area contributed by atoms with Gasteiger partial charge in [-0.25, -0.2) is 0 Å². The number of benzene rings is 2. The minimum atomic E-state index is -0.640. The van der Waals surface area contributed by atoms with E-state index in [1.54, 1.807) is 0 Å². The third kappa shape index (κ3) is 4.69. The van der Waals surface area contributed by atoms with E-state index < -0.39 is 6.04 Å². The molecule has 0 radical (unpaired) electrons. The maximum atomic E-state index is 13.6. The molecular weight excluding hydrogens is 360 g/mol. The number of carbonyl (C=O) groups excluding carboxylic acids is 2. The van der Waals surface area contributed by atoms with E-state index in [1.807, 2.05) is 53.4 Å². The molecule has 0 aromatic heterocycles. The summed E-state index contributed by atoms with van der Waals surface area (Å²) < 4.78 is 0. The molecule has 2 aliphatic rings. The Morgan fingerprint density at radius 2 is 1.69 bits per heavy atom. The Labute approximate surface area is 173 Å². The first kappa shape index (κ1) is 19.7. The molecule has 1 N–H and O–H groups in total. The van der Waals surface area contributed by atoms with Crippen LogP contribution in [0.4, 0.5) is 5.69 Å². The molecule has 4 rings (SSSR count).